The molecule has 11 heteroatoms. The molecule has 0 radical (unpaired) electrons. The maximum absolute atomic E-state index is 14.4. The fraction of sp³-hybridized carbons (Fsp3) is 0.200. The summed E-state index contributed by atoms with van der Waals surface area (Å²) < 4.78 is 12.6. The maximum atomic E-state index is 14.4. The second-order valence-corrected chi connectivity index (χ2v) is 11.6. The molecule has 0 atom stereocenters. The van der Waals surface area contributed by atoms with E-state index in [4.69, 9.17) is 32.7 Å². The quantitative estimate of drug-likeness (QED) is 0.146. The molecule has 0 saturated carbocycles. The van der Waals surface area contributed by atoms with Gasteiger partial charge in [0.05, 0.1) is 53.8 Å². The molecule has 0 spiro atoms. The Hall–Kier alpha value is -4.70. The number of fused-ring (bicyclic) bond motifs is 1. The van der Waals surface area contributed by atoms with Crippen molar-refractivity contribution in [3.63, 3.8) is 0 Å². The van der Waals surface area contributed by atoms with Crippen molar-refractivity contribution in [2.75, 3.05) is 40.2 Å². The van der Waals surface area contributed by atoms with Crippen molar-refractivity contribution in [3.05, 3.63) is 117 Å². The molecule has 3 heterocycles. The fourth-order valence-corrected chi connectivity index (χ4v) is 5.76. The molecule has 0 unspecified atom stereocenters. The molecule has 0 aliphatic carbocycles. The third kappa shape index (κ3) is 7.39. The van der Waals surface area contributed by atoms with Crippen molar-refractivity contribution < 1.29 is 14.3 Å². The summed E-state index contributed by atoms with van der Waals surface area (Å²) in [5.74, 6) is 1.16. The van der Waals surface area contributed by atoms with Crippen LogP contribution >= 0.6 is 23.2 Å². The molecular weight excluding hydrogens is 625 g/mol. The number of ether oxygens (including phenoxy) is 2. The van der Waals surface area contributed by atoms with Crippen LogP contribution in [0.25, 0.3) is 22.0 Å². The minimum atomic E-state index is -0.335. The van der Waals surface area contributed by atoms with Gasteiger partial charge in [0, 0.05) is 48.4 Å². The first-order chi connectivity index (χ1) is 22.2. The number of rotatable bonds is 12. The number of likely N-dealkylation sites (N-methyl/N-ethyl adjacent to an activating group) is 1. The number of aromatic nitrogens is 3. The summed E-state index contributed by atoms with van der Waals surface area (Å²) in [6.07, 6.45) is 8.74. The Morgan fingerprint density at radius 2 is 1.72 bits per heavy atom. The molecule has 0 aliphatic heterocycles. The topological polar surface area (TPSA) is 98.6 Å². The molecule has 5 rings (SSSR count). The Morgan fingerprint density at radius 1 is 0.978 bits per heavy atom. The van der Waals surface area contributed by atoms with Crippen molar-refractivity contribution in [1.29, 1.82) is 0 Å². The van der Waals surface area contributed by atoms with E-state index in [0.29, 0.717) is 40.3 Å². The molecule has 0 bridgehead atoms. The van der Waals surface area contributed by atoms with Gasteiger partial charge in [-0.25, -0.2) is 4.98 Å². The van der Waals surface area contributed by atoms with Gasteiger partial charge in [0.25, 0.3) is 5.56 Å². The zero-order valence-corrected chi connectivity index (χ0v) is 27.4. The van der Waals surface area contributed by atoms with Crippen LogP contribution in [-0.2, 0) is 17.8 Å². The van der Waals surface area contributed by atoms with E-state index in [0.717, 1.165) is 16.8 Å². The lowest BCUT2D eigenvalue weighted by Gasteiger charge is -2.18. The number of anilines is 2. The number of carbonyl (C=O) groups excluding carboxylic acids is 1. The number of benzene rings is 2. The molecule has 9 nitrogen and oxygen atoms in total. The van der Waals surface area contributed by atoms with Crippen molar-refractivity contribution in [1.82, 2.24) is 19.4 Å². The van der Waals surface area contributed by atoms with Crippen LogP contribution in [0, 0.1) is 0 Å². The van der Waals surface area contributed by atoms with Crippen LogP contribution in [0.2, 0.25) is 10.0 Å². The van der Waals surface area contributed by atoms with Gasteiger partial charge in [-0.3, -0.25) is 14.6 Å². The van der Waals surface area contributed by atoms with Gasteiger partial charge in [0.15, 0.2) is 5.78 Å². The van der Waals surface area contributed by atoms with Crippen molar-refractivity contribution in [3.8, 4) is 22.6 Å². The second-order valence-electron chi connectivity index (χ2n) is 10.9. The number of carbonyl (C=O) groups is 1. The van der Waals surface area contributed by atoms with E-state index < -0.39 is 0 Å². The Bertz CT molecular complexity index is 1950. The van der Waals surface area contributed by atoms with Gasteiger partial charge in [-0.15, -0.1) is 0 Å². The van der Waals surface area contributed by atoms with Gasteiger partial charge in [-0.2, -0.15) is 0 Å². The van der Waals surface area contributed by atoms with Crippen molar-refractivity contribution in [2.45, 2.75) is 13.0 Å². The van der Waals surface area contributed by atoms with Crippen LogP contribution in [0.15, 0.2) is 90.1 Å². The van der Waals surface area contributed by atoms with Crippen LogP contribution in [0.5, 0.6) is 11.5 Å². The van der Waals surface area contributed by atoms with Gasteiger partial charge in [-0.1, -0.05) is 53.5 Å². The minimum absolute atomic E-state index is 0.00272. The normalized spacial score (nSPS) is 11.4. The predicted molar refractivity (Wildman–Crippen MR) is 184 cm³/mol. The maximum Gasteiger partial charge on any atom is 0.259 e. The van der Waals surface area contributed by atoms with Gasteiger partial charge >= 0.3 is 0 Å². The molecule has 0 fully saturated rings. The molecular formula is C35H33Cl2N5O4. The number of halogens is 2. The number of nitrogens with zero attached hydrogens (tertiary/aromatic N) is 4. The van der Waals surface area contributed by atoms with Crippen LogP contribution in [0.4, 0.5) is 11.5 Å². The first kappa shape index (κ1) is 32.7. The highest BCUT2D eigenvalue weighted by Gasteiger charge is 2.23. The number of hydrogen-bond acceptors (Lipinski definition) is 8. The van der Waals surface area contributed by atoms with Gasteiger partial charge in [0.1, 0.15) is 17.3 Å². The van der Waals surface area contributed by atoms with E-state index in [2.05, 4.69) is 15.3 Å². The number of hydrogen-bond donors (Lipinski definition) is 1. The largest absolute Gasteiger partial charge is 0.495 e. The highest BCUT2D eigenvalue weighted by Crippen LogP contribution is 2.45. The Balaban J connectivity index is 1.63. The van der Waals surface area contributed by atoms with Crippen LogP contribution < -0.4 is 20.3 Å². The lowest BCUT2D eigenvalue weighted by atomic mass is 10.0. The van der Waals surface area contributed by atoms with E-state index in [9.17, 15) is 9.59 Å². The molecule has 0 aliphatic rings. The summed E-state index contributed by atoms with van der Waals surface area (Å²) >= 11 is 13.5. The highest BCUT2D eigenvalue weighted by molar-refractivity contribution is 6.41. The van der Waals surface area contributed by atoms with Crippen molar-refractivity contribution in [2.24, 2.45) is 0 Å². The standard InChI is InChI=1S/C35H33Cl2N5O4/c1-41(2)13-7-11-26(43)15-22-8-5-9-23(14-22)21-42-28-17-31(40-25-10-6-12-38-20-25)39-19-24(28)16-27(35(42)44)32-33(36)29(45-3)18-30(46-4)34(32)37/h5-12,14,16-20H,13,15,21H2,1-4H3,(H,39,40)/b11-7+. The lowest BCUT2D eigenvalue weighted by molar-refractivity contribution is -0.114. The average Bonchev–Trinajstić information content (AvgIpc) is 3.04. The highest BCUT2D eigenvalue weighted by atomic mass is 35.5. The molecule has 1 N–H and O–H groups in total. The van der Waals surface area contributed by atoms with Gasteiger partial charge in [-0.05, 0) is 49.5 Å². The SMILES string of the molecule is COc1cc(OC)c(Cl)c(-c2cc3cnc(Nc4cccnc4)cc3n(Cc3cccc(CC(=O)/C=C/CN(C)C)c3)c2=O)c1Cl. The number of methoxy groups -OCH3 is 2. The molecule has 236 valence electrons. The van der Waals surface area contributed by atoms with Crippen LogP contribution in [0.3, 0.4) is 0 Å². The zero-order valence-electron chi connectivity index (χ0n) is 25.9. The summed E-state index contributed by atoms with van der Waals surface area (Å²) in [5.41, 5.74) is 3.27. The minimum Gasteiger partial charge on any atom is -0.495 e. The Kier molecular flexibility index (Phi) is 10.4. The molecule has 0 saturated heterocycles. The van der Waals surface area contributed by atoms with E-state index in [-0.39, 0.29) is 39.9 Å². The van der Waals surface area contributed by atoms with Gasteiger partial charge < -0.3 is 24.3 Å². The molecule has 0 amide bonds. The predicted octanol–water partition coefficient (Wildman–Crippen LogP) is 6.80. The number of ketones is 1. The monoisotopic (exact) mass is 657 g/mol. The van der Waals surface area contributed by atoms with Gasteiger partial charge in [0.2, 0.25) is 0 Å². The van der Waals surface area contributed by atoms with Crippen LogP contribution in [0.1, 0.15) is 11.1 Å². The van der Waals surface area contributed by atoms with E-state index >= 15 is 0 Å². The lowest BCUT2D eigenvalue weighted by Crippen LogP contribution is -2.23. The average molecular weight is 659 g/mol. The first-order valence-corrected chi connectivity index (χ1v) is 15.2. The molecule has 46 heavy (non-hydrogen) atoms. The fourth-order valence-electron chi connectivity index (χ4n) is 5.06. The molecule has 5 aromatic rings. The third-order valence-electron chi connectivity index (χ3n) is 7.24. The first-order valence-electron chi connectivity index (χ1n) is 14.4. The van der Waals surface area contributed by atoms with Crippen molar-refractivity contribution >= 4 is 51.4 Å². The molecule has 3 aromatic heterocycles. The summed E-state index contributed by atoms with van der Waals surface area (Å²) in [4.78, 5) is 37.8. The Labute approximate surface area is 277 Å². The summed E-state index contributed by atoms with van der Waals surface area (Å²) in [6, 6.07) is 16.4. The zero-order chi connectivity index (χ0) is 32.8. The summed E-state index contributed by atoms with van der Waals surface area (Å²) in [5, 5.41) is 4.29. The number of nitrogens with one attached hydrogen (secondary N) is 1. The number of allylic oxidation sites excluding steroid dienone is 1. The Morgan fingerprint density at radius 3 is 2.39 bits per heavy atom. The van der Waals surface area contributed by atoms with E-state index in [1.807, 2.05) is 67.5 Å². The number of pyridine rings is 3. The summed E-state index contributed by atoms with van der Waals surface area (Å²) in [6.45, 7) is 0.881. The van der Waals surface area contributed by atoms with E-state index in [1.54, 1.807) is 41.4 Å². The van der Waals surface area contributed by atoms with Crippen LogP contribution in [-0.4, -0.2) is 60.1 Å². The summed E-state index contributed by atoms with van der Waals surface area (Å²) in [7, 11) is 6.85. The van der Waals surface area contributed by atoms with E-state index in [1.165, 1.54) is 14.2 Å². The second kappa shape index (κ2) is 14.6. The molecule has 2 aromatic carbocycles. The smallest absolute Gasteiger partial charge is 0.259 e. The third-order valence-corrected chi connectivity index (χ3v) is 7.99.